The Morgan fingerprint density at radius 1 is 0.867 bits per heavy atom. The van der Waals surface area contributed by atoms with E-state index in [0.29, 0.717) is 0 Å². The van der Waals surface area contributed by atoms with Crippen molar-refractivity contribution in [2.45, 2.75) is 105 Å². The highest BCUT2D eigenvalue weighted by atomic mass is 16.4. The number of carboxylic acid groups (broad SMARTS) is 2. The lowest BCUT2D eigenvalue weighted by atomic mass is 9.87. The van der Waals surface area contributed by atoms with Crippen molar-refractivity contribution < 1.29 is 19.8 Å². The normalized spacial score (nSPS) is 15.2. The zero-order valence-corrected chi connectivity index (χ0v) is 19.4. The summed E-state index contributed by atoms with van der Waals surface area (Å²) in [6.45, 7) is 7.99. The van der Waals surface area contributed by atoms with E-state index < -0.39 is 22.8 Å². The van der Waals surface area contributed by atoms with Crippen molar-refractivity contribution in [1.29, 1.82) is 0 Å². The quantitative estimate of drug-likeness (QED) is 0.340. The monoisotopic (exact) mass is 416 g/mol. The molecular formula is C26H40O4. The second-order valence-electron chi connectivity index (χ2n) is 10.1. The van der Waals surface area contributed by atoms with Gasteiger partial charge in [-0.1, -0.05) is 37.8 Å². The van der Waals surface area contributed by atoms with Gasteiger partial charge in [0.2, 0.25) is 0 Å². The van der Waals surface area contributed by atoms with Crippen LogP contribution >= 0.6 is 0 Å². The lowest BCUT2D eigenvalue weighted by Crippen LogP contribution is -2.23. The molecule has 0 aliphatic heterocycles. The molecule has 2 N–H and O–H groups in total. The standard InChI is InChI=1S/C26H40O4/c1-19-18-22(12-8-10-14-26(15-16-26)24(29)30)20(2)17-21(19)11-7-5-6-9-13-25(3,4)23(27)28/h17-18H,5-16H2,1-4H3,(H,27,28)(H,29,30). The van der Waals surface area contributed by atoms with E-state index in [1.807, 2.05) is 0 Å². The molecule has 1 saturated carbocycles. The van der Waals surface area contributed by atoms with Gasteiger partial charge in [-0.3, -0.25) is 9.59 Å². The highest BCUT2D eigenvalue weighted by molar-refractivity contribution is 5.77. The third kappa shape index (κ3) is 6.85. The number of carboxylic acids is 2. The molecule has 1 fully saturated rings. The molecule has 2 rings (SSSR count). The summed E-state index contributed by atoms with van der Waals surface area (Å²) in [4.78, 5) is 22.4. The minimum absolute atomic E-state index is 0.391. The van der Waals surface area contributed by atoms with Crippen LogP contribution in [0.15, 0.2) is 12.1 Å². The number of hydrogen-bond acceptors (Lipinski definition) is 2. The average molecular weight is 417 g/mol. The zero-order chi connectivity index (χ0) is 22.4. The minimum Gasteiger partial charge on any atom is -0.481 e. The summed E-state index contributed by atoms with van der Waals surface area (Å²) in [5, 5.41) is 18.5. The van der Waals surface area contributed by atoms with E-state index in [-0.39, 0.29) is 0 Å². The molecule has 0 saturated heterocycles. The maximum atomic E-state index is 11.3. The zero-order valence-electron chi connectivity index (χ0n) is 19.4. The Morgan fingerprint density at radius 2 is 1.37 bits per heavy atom. The van der Waals surface area contributed by atoms with Crippen LogP contribution < -0.4 is 0 Å². The van der Waals surface area contributed by atoms with Gasteiger partial charge in [-0.2, -0.15) is 0 Å². The minimum atomic E-state index is -0.706. The van der Waals surface area contributed by atoms with Gasteiger partial charge in [0.05, 0.1) is 10.8 Å². The first-order chi connectivity index (χ1) is 14.1. The topological polar surface area (TPSA) is 74.6 Å². The number of rotatable bonds is 14. The summed E-state index contributed by atoms with van der Waals surface area (Å²) in [5.41, 5.74) is 4.51. The van der Waals surface area contributed by atoms with Gasteiger partial charge in [-0.15, -0.1) is 0 Å². The Kier molecular flexibility index (Phi) is 8.52. The summed E-state index contributed by atoms with van der Waals surface area (Å²) >= 11 is 0. The van der Waals surface area contributed by atoms with Gasteiger partial charge in [-0.05, 0) is 101 Å². The fourth-order valence-electron chi connectivity index (χ4n) is 4.32. The average Bonchev–Trinajstić information content (AvgIpc) is 3.46. The van der Waals surface area contributed by atoms with E-state index in [4.69, 9.17) is 0 Å². The van der Waals surface area contributed by atoms with Gasteiger partial charge in [0.1, 0.15) is 0 Å². The molecule has 0 unspecified atom stereocenters. The summed E-state index contributed by atoms with van der Waals surface area (Å²) in [6, 6.07) is 4.65. The van der Waals surface area contributed by atoms with Crippen LogP contribution in [0.3, 0.4) is 0 Å². The Morgan fingerprint density at radius 3 is 1.83 bits per heavy atom. The molecular weight excluding hydrogens is 376 g/mol. The lowest BCUT2D eigenvalue weighted by Gasteiger charge is -2.18. The largest absolute Gasteiger partial charge is 0.481 e. The number of unbranched alkanes of at least 4 members (excludes halogenated alkanes) is 4. The maximum absolute atomic E-state index is 11.3. The molecule has 0 heterocycles. The van der Waals surface area contributed by atoms with Crippen molar-refractivity contribution in [3.8, 4) is 0 Å². The van der Waals surface area contributed by atoms with Gasteiger partial charge in [0.25, 0.3) is 0 Å². The molecule has 1 aromatic carbocycles. The van der Waals surface area contributed by atoms with Crippen molar-refractivity contribution in [2.24, 2.45) is 10.8 Å². The van der Waals surface area contributed by atoms with E-state index in [9.17, 15) is 19.8 Å². The predicted molar refractivity (Wildman–Crippen MR) is 121 cm³/mol. The van der Waals surface area contributed by atoms with Crippen LogP contribution in [-0.4, -0.2) is 22.2 Å². The van der Waals surface area contributed by atoms with Crippen LogP contribution in [0.25, 0.3) is 0 Å². The maximum Gasteiger partial charge on any atom is 0.309 e. The first-order valence-corrected chi connectivity index (χ1v) is 11.6. The highest BCUT2D eigenvalue weighted by Crippen LogP contribution is 2.50. The number of benzene rings is 1. The summed E-state index contributed by atoms with van der Waals surface area (Å²) < 4.78 is 0. The molecule has 4 heteroatoms. The molecule has 0 radical (unpaired) electrons. The van der Waals surface area contributed by atoms with Crippen LogP contribution in [0.1, 0.15) is 100 Å². The Hall–Kier alpha value is -1.84. The second-order valence-corrected chi connectivity index (χ2v) is 10.1. The lowest BCUT2D eigenvalue weighted by molar-refractivity contribution is -0.147. The first-order valence-electron chi connectivity index (χ1n) is 11.6. The van der Waals surface area contributed by atoms with Crippen molar-refractivity contribution in [3.63, 3.8) is 0 Å². The fourth-order valence-corrected chi connectivity index (χ4v) is 4.32. The van der Waals surface area contributed by atoms with Crippen molar-refractivity contribution in [2.75, 3.05) is 0 Å². The third-order valence-corrected chi connectivity index (χ3v) is 7.03. The molecule has 0 atom stereocenters. The molecule has 1 aliphatic rings. The Labute approximate surface area is 182 Å². The fraction of sp³-hybridized carbons (Fsp3) is 0.692. The van der Waals surface area contributed by atoms with Gasteiger partial charge < -0.3 is 10.2 Å². The summed E-state index contributed by atoms with van der Waals surface area (Å²) in [7, 11) is 0. The molecule has 1 aromatic rings. The van der Waals surface area contributed by atoms with E-state index >= 15 is 0 Å². The smallest absolute Gasteiger partial charge is 0.309 e. The van der Waals surface area contributed by atoms with Crippen molar-refractivity contribution >= 4 is 11.9 Å². The molecule has 0 aromatic heterocycles. The molecule has 0 bridgehead atoms. The van der Waals surface area contributed by atoms with E-state index in [2.05, 4.69) is 26.0 Å². The van der Waals surface area contributed by atoms with Crippen LogP contribution in [0, 0.1) is 24.7 Å². The molecule has 30 heavy (non-hydrogen) atoms. The SMILES string of the molecule is Cc1cc(CCCCC2(C(=O)O)CC2)c(C)cc1CCCCCCC(C)(C)C(=O)O. The predicted octanol–water partition coefficient (Wildman–Crippen LogP) is 6.48. The van der Waals surface area contributed by atoms with Crippen molar-refractivity contribution in [1.82, 2.24) is 0 Å². The summed E-state index contributed by atoms with van der Waals surface area (Å²) in [5.74, 6) is -1.31. The van der Waals surface area contributed by atoms with Gasteiger partial charge in [-0.25, -0.2) is 0 Å². The molecule has 168 valence electrons. The Balaban J connectivity index is 1.71. The number of carbonyl (C=O) groups is 2. The Bertz CT molecular complexity index is 744. The molecule has 0 amide bonds. The second kappa shape index (κ2) is 10.5. The van der Waals surface area contributed by atoms with E-state index in [1.165, 1.54) is 22.3 Å². The van der Waals surface area contributed by atoms with E-state index in [0.717, 1.165) is 77.0 Å². The highest BCUT2D eigenvalue weighted by Gasteiger charge is 2.49. The third-order valence-electron chi connectivity index (χ3n) is 7.03. The van der Waals surface area contributed by atoms with Gasteiger partial charge in [0.15, 0.2) is 0 Å². The van der Waals surface area contributed by atoms with Crippen LogP contribution in [0.2, 0.25) is 0 Å². The molecule has 1 aliphatic carbocycles. The number of aliphatic carboxylic acids is 2. The van der Waals surface area contributed by atoms with Crippen molar-refractivity contribution in [3.05, 3.63) is 34.4 Å². The summed E-state index contributed by atoms with van der Waals surface area (Å²) in [6.07, 6.45) is 11.8. The van der Waals surface area contributed by atoms with Crippen LogP contribution in [0.5, 0.6) is 0 Å². The number of aryl methyl sites for hydroxylation is 4. The van der Waals surface area contributed by atoms with Gasteiger partial charge >= 0.3 is 11.9 Å². The van der Waals surface area contributed by atoms with Crippen LogP contribution in [0.4, 0.5) is 0 Å². The van der Waals surface area contributed by atoms with Crippen LogP contribution in [-0.2, 0) is 22.4 Å². The first kappa shape index (κ1) is 24.4. The molecule has 4 nitrogen and oxygen atoms in total. The van der Waals surface area contributed by atoms with Gasteiger partial charge in [0, 0.05) is 0 Å². The molecule has 0 spiro atoms. The number of hydrogen-bond donors (Lipinski definition) is 2. The van der Waals surface area contributed by atoms with E-state index in [1.54, 1.807) is 13.8 Å².